The van der Waals surface area contributed by atoms with Gasteiger partial charge in [-0.05, 0) is 49.8 Å². The number of amides is 1. The lowest BCUT2D eigenvalue weighted by Gasteiger charge is -2.25. The maximum absolute atomic E-state index is 13.1. The van der Waals surface area contributed by atoms with Gasteiger partial charge in [0, 0.05) is 30.1 Å². The molecule has 7 nitrogen and oxygen atoms in total. The Labute approximate surface area is 211 Å². The molecule has 0 radical (unpaired) electrons. The van der Waals surface area contributed by atoms with E-state index < -0.39 is 17.9 Å². The fourth-order valence-corrected chi connectivity index (χ4v) is 5.41. The van der Waals surface area contributed by atoms with Crippen molar-refractivity contribution in [3.63, 3.8) is 0 Å². The number of allylic oxidation sites excluding steroid dienone is 2. The third-order valence-electron chi connectivity index (χ3n) is 7.40. The molecule has 188 valence electrons. The average Bonchev–Trinajstić information content (AvgIpc) is 3.27. The zero-order chi connectivity index (χ0) is 24.9. The van der Waals surface area contributed by atoms with Gasteiger partial charge in [0.1, 0.15) is 17.5 Å². The number of fused-ring (bicyclic) bond motifs is 1. The number of pyridine rings is 1. The molecule has 1 saturated carbocycles. The number of anilines is 1. The van der Waals surface area contributed by atoms with Crippen LogP contribution in [0.15, 0.2) is 60.8 Å². The summed E-state index contributed by atoms with van der Waals surface area (Å²) in [7, 11) is 0. The first kappa shape index (κ1) is 24.1. The Morgan fingerprint density at radius 2 is 1.86 bits per heavy atom. The molecule has 2 atom stereocenters. The molecular formula is C29H34N4O3. The summed E-state index contributed by atoms with van der Waals surface area (Å²) in [6.45, 7) is 0. The summed E-state index contributed by atoms with van der Waals surface area (Å²) in [4.78, 5) is 29.9. The summed E-state index contributed by atoms with van der Waals surface area (Å²) in [5.41, 5.74) is 3.04. The van der Waals surface area contributed by atoms with E-state index >= 15 is 0 Å². The SMILES string of the molecule is O=C(NC(Cc1ccccc1)C(=O)O)c1ccn2c(NC3CCCCC3)c(C3CC=CCC3)nc2c1. The van der Waals surface area contributed by atoms with Gasteiger partial charge in [-0.1, -0.05) is 61.7 Å². The van der Waals surface area contributed by atoms with E-state index in [0.717, 1.165) is 49.2 Å². The first-order valence-electron chi connectivity index (χ1n) is 13.1. The van der Waals surface area contributed by atoms with Gasteiger partial charge >= 0.3 is 5.97 Å². The van der Waals surface area contributed by atoms with Crippen molar-refractivity contribution >= 4 is 23.3 Å². The van der Waals surface area contributed by atoms with Gasteiger partial charge < -0.3 is 15.7 Å². The Balaban J connectivity index is 1.41. The lowest BCUT2D eigenvalue weighted by molar-refractivity contribution is -0.139. The van der Waals surface area contributed by atoms with E-state index in [1.807, 2.05) is 36.5 Å². The van der Waals surface area contributed by atoms with E-state index in [2.05, 4.69) is 27.2 Å². The number of carboxylic acids is 1. The van der Waals surface area contributed by atoms with E-state index in [1.54, 1.807) is 12.1 Å². The Hall–Kier alpha value is -3.61. The van der Waals surface area contributed by atoms with E-state index in [9.17, 15) is 14.7 Å². The lowest BCUT2D eigenvalue weighted by Crippen LogP contribution is -2.42. The number of benzene rings is 1. The van der Waals surface area contributed by atoms with Gasteiger partial charge in [-0.25, -0.2) is 9.78 Å². The molecule has 7 heteroatoms. The van der Waals surface area contributed by atoms with Crippen molar-refractivity contribution in [3.8, 4) is 0 Å². The van der Waals surface area contributed by atoms with Crippen LogP contribution in [0.25, 0.3) is 5.65 Å². The van der Waals surface area contributed by atoms with Crippen LogP contribution in [-0.4, -0.2) is 38.5 Å². The van der Waals surface area contributed by atoms with Crippen molar-refractivity contribution in [2.75, 3.05) is 5.32 Å². The summed E-state index contributed by atoms with van der Waals surface area (Å²) in [6.07, 6.45) is 15.8. The monoisotopic (exact) mass is 486 g/mol. The number of aromatic nitrogens is 2. The molecule has 1 amide bonds. The third kappa shape index (κ3) is 5.45. The van der Waals surface area contributed by atoms with Crippen molar-refractivity contribution < 1.29 is 14.7 Å². The second kappa shape index (κ2) is 11.0. The maximum atomic E-state index is 13.1. The summed E-state index contributed by atoms with van der Waals surface area (Å²) >= 11 is 0. The molecule has 36 heavy (non-hydrogen) atoms. The standard InChI is InChI=1S/C29H34N4O3/c34-28(31-24(29(35)36)18-20-10-4-1-5-11-20)22-16-17-33-25(19-22)32-26(21-12-6-2-7-13-21)27(33)30-23-14-8-3-9-15-23/h1-2,4-6,10-11,16-17,19,21,23-24,30H,3,7-9,12-15,18H2,(H,31,34)(H,35,36). The Morgan fingerprint density at radius 1 is 1.06 bits per heavy atom. The van der Waals surface area contributed by atoms with Gasteiger partial charge in [-0.2, -0.15) is 0 Å². The van der Waals surface area contributed by atoms with Gasteiger partial charge in [-0.3, -0.25) is 9.20 Å². The van der Waals surface area contributed by atoms with Crippen molar-refractivity contribution in [2.45, 2.75) is 75.8 Å². The highest BCUT2D eigenvalue weighted by molar-refractivity contribution is 5.97. The molecule has 3 aromatic rings. The van der Waals surface area contributed by atoms with Crippen molar-refractivity contribution in [1.82, 2.24) is 14.7 Å². The summed E-state index contributed by atoms with van der Waals surface area (Å²) in [6, 6.07) is 12.3. The van der Waals surface area contributed by atoms with Crippen LogP contribution in [0.3, 0.4) is 0 Å². The van der Waals surface area contributed by atoms with Crippen molar-refractivity contribution in [3.05, 3.63) is 77.6 Å². The third-order valence-corrected chi connectivity index (χ3v) is 7.40. The number of nitrogens with one attached hydrogen (secondary N) is 2. The smallest absolute Gasteiger partial charge is 0.326 e. The molecule has 5 rings (SSSR count). The minimum Gasteiger partial charge on any atom is -0.480 e. The zero-order valence-corrected chi connectivity index (χ0v) is 20.5. The van der Waals surface area contributed by atoms with Crippen LogP contribution < -0.4 is 10.6 Å². The van der Waals surface area contributed by atoms with Gasteiger partial charge in [0.2, 0.25) is 0 Å². The molecule has 2 aromatic heterocycles. The van der Waals surface area contributed by atoms with Gasteiger partial charge in [-0.15, -0.1) is 0 Å². The Bertz CT molecular complexity index is 1240. The molecule has 0 aliphatic heterocycles. The molecule has 0 bridgehead atoms. The summed E-state index contributed by atoms with van der Waals surface area (Å²) in [5.74, 6) is -0.0781. The normalized spacial score (nSPS) is 19.2. The maximum Gasteiger partial charge on any atom is 0.326 e. The van der Waals surface area contributed by atoms with Crippen LogP contribution >= 0.6 is 0 Å². The van der Waals surface area contributed by atoms with Crippen LogP contribution in [0, 0.1) is 0 Å². The Morgan fingerprint density at radius 3 is 2.58 bits per heavy atom. The molecule has 1 aromatic carbocycles. The molecule has 0 saturated heterocycles. The minimum atomic E-state index is -1.05. The second-order valence-electron chi connectivity index (χ2n) is 10.0. The number of imidazole rings is 1. The average molecular weight is 487 g/mol. The van der Waals surface area contributed by atoms with E-state index in [4.69, 9.17) is 4.98 Å². The predicted molar refractivity (Wildman–Crippen MR) is 140 cm³/mol. The van der Waals surface area contributed by atoms with Crippen LogP contribution in [0.5, 0.6) is 0 Å². The van der Waals surface area contributed by atoms with Crippen LogP contribution in [0.4, 0.5) is 5.82 Å². The number of hydrogen-bond donors (Lipinski definition) is 3. The Kier molecular flexibility index (Phi) is 7.35. The molecular weight excluding hydrogens is 452 g/mol. The fourth-order valence-electron chi connectivity index (χ4n) is 5.41. The molecule has 2 heterocycles. The van der Waals surface area contributed by atoms with E-state index in [1.165, 1.54) is 19.3 Å². The summed E-state index contributed by atoms with van der Waals surface area (Å²) in [5, 5.41) is 16.2. The van der Waals surface area contributed by atoms with Crippen molar-refractivity contribution in [1.29, 1.82) is 0 Å². The van der Waals surface area contributed by atoms with Crippen LogP contribution in [0.1, 0.15) is 78.9 Å². The quantitative estimate of drug-likeness (QED) is 0.374. The molecule has 3 N–H and O–H groups in total. The topological polar surface area (TPSA) is 95.7 Å². The molecule has 1 fully saturated rings. The number of aliphatic carboxylic acids is 1. The van der Waals surface area contributed by atoms with Gasteiger partial charge in [0.25, 0.3) is 5.91 Å². The first-order valence-corrected chi connectivity index (χ1v) is 13.1. The number of carbonyl (C=O) groups is 2. The van der Waals surface area contributed by atoms with Crippen LogP contribution in [-0.2, 0) is 11.2 Å². The van der Waals surface area contributed by atoms with Crippen molar-refractivity contribution in [2.24, 2.45) is 0 Å². The highest BCUT2D eigenvalue weighted by atomic mass is 16.4. The van der Waals surface area contributed by atoms with E-state index in [-0.39, 0.29) is 6.42 Å². The zero-order valence-electron chi connectivity index (χ0n) is 20.5. The highest BCUT2D eigenvalue weighted by Crippen LogP contribution is 2.35. The number of carbonyl (C=O) groups excluding carboxylic acids is 1. The largest absolute Gasteiger partial charge is 0.480 e. The van der Waals surface area contributed by atoms with Gasteiger partial charge in [0.15, 0.2) is 0 Å². The fraction of sp³-hybridized carbons (Fsp3) is 0.414. The molecule has 2 aliphatic rings. The predicted octanol–water partition coefficient (Wildman–Crippen LogP) is 5.33. The molecule has 2 aliphatic carbocycles. The first-order chi connectivity index (χ1) is 17.6. The molecule has 2 unspecified atom stereocenters. The van der Waals surface area contributed by atoms with E-state index in [0.29, 0.717) is 23.2 Å². The number of hydrogen-bond acceptors (Lipinski definition) is 4. The minimum absolute atomic E-state index is 0.225. The lowest BCUT2D eigenvalue weighted by atomic mass is 9.91. The van der Waals surface area contributed by atoms with Crippen LogP contribution in [0.2, 0.25) is 0 Å². The van der Waals surface area contributed by atoms with Gasteiger partial charge in [0.05, 0.1) is 5.69 Å². The number of nitrogens with zero attached hydrogens (tertiary/aromatic N) is 2. The number of carboxylic acid groups (broad SMARTS) is 1. The number of rotatable bonds is 8. The second-order valence-corrected chi connectivity index (χ2v) is 10.0. The molecule has 0 spiro atoms. The summed E-state index contributed by atoms with van der Waals surface area (Å²) < 4.78 is 2.05. The highest BCUT2D eigenvalue weighted by Gasteiger charge is 2.26.